The molecule has 0 saturated heterocycles. The summed E-state index contributed by atoms with van der Waals surface area (Å²) in [4.78, 5) is 11.7. The summed E-state index contributed by atoms with van der Waals surface area (Å²) >= 11 is 12.0. The van der Waals surface area contributed by atoms with E-state index >= 15 is 0 Å². The number of hydrogen-bond donors (Lipinski definition) is 1. The summed E-state index contributed by atoms with van der Waals surface area (Å²) in [5.74, 6) is 1.79. The molecule has 7 heteroatoms. The quantitative estimate of drug-likeness (QED) is 0.451. The minimum atomic E-state index is -0.580. The van der Waals surface area contributed by atoms with Crippen molar-refractivity contribution in [3.05, 3.63) is 82.8 Å². The van der Waals surface area contributed by atoms with Crippen LogP contribution in [-0.4, -0.2) is 19.3 Å². The molecule has 28 heavy (non-hydrogen) atoms. The van der Waals surface area contributed by atoms with E-state index < -0.39 is 6.09 Å². The van der Waals surface area contributed by atoms with Crippen molar-refractivity contribution in [2.75, 3.05) is 18.5 Å². The number of para-hydroxylation sites is 1. The first kappa shape index (κ1) is 19.9. The van der Waals surface area contributed by atoms with Crippen molar-refractivity contribution < 1.29 is 19.0 Å². The van der Waals surface area contributed by atoms with Gasteiger partial charge in [-0.1, -0.05) is 41.4 Å². The number of anilines is 1. The first-order valence-corrected chi connectivity index (χ1v) is 9.20. The molecular weight excluding hydrogens is 401 g/mol. The largest absolute Gasteiger partial charge is 0.488 e. The Labute approximate surface area is 172 Å². The first-order chi connectivity index (χ1) is 13.6. The fraction of sp³-hybridized carbons (Fsp3) is 0.0952. The van der Waals surface area contributed by atoms with Gasteiger partial charge in [0.25, 0.3) is 0 Å². The predicted octanol–water partition coefficient (Wildman–Crippen LogP) is 6.41. The Morgan fingerprint density at radius 3 is 2.32 bits per heavy atom. The van der Waals surface area contributed by atoms with Gasteiger partial charge in [-0.05, 0) is 48.5 Å². The Morgan fingerprint density at radius 1 is 0.857 bits per heavy atom. The third-order valence-electron chi connectivity index (χ3n) is 3.55. The van der Waals surface area contributed by atoms with E-state index in [0.29, 0.717) is 33.0 Å². The van der Waals surface area contributed by atoms with Crippen molar-refractivity contribution in [1.82, 2.24) is 0 Å². The van der Waals surface area contributed by atoms with Gasteiger partial charge in [-0.15, -0.1) is 0 Å². The minimum absolute atomic E-state index is 0.0675. The van der Waals surface area contributed by atoms with Crippen LogP contribution in [0.3, 0.4) is 0 Å². The van der Waals surface area contributed by atoms with Crippen LogP contribution < -0.4 is 14.8 Å². The number of benzene rings is 3. The monoisotopic (exact) mass is 417 g/mol. The second-order valence-electron chi connectivity index (χ2n) is 5.62. The van der Waals surface area contributed by atoms with Crippen LogP contribution in [0, 0.1) is 0 Å². The first-order valence-electron chi connectivity index (χ1n) is 8.45. The fourth-order valence-electron chi connectivity index (χ4n) is 2.26. The molecule has 0 heterocycles. The molecule has 3 aromatic rings. The third kappa shape index (κ3) is 6.08. The third-order valence-corrected chi connectivity index (χ3v) is 4.09. The maximum absolute atomic E-state index is 11.7. The van der Waals surface area contributed by atoms with E-state index in [1.54, 1.807) is 42.5 Å². The molecule has 0 aliphatic carbocycles. The predicted molar refractivity (Wildman–Crippen MR) is 110 cm³/mol. The molecule has 144 valence electrons. The highest BCUT2D eigenvalue weighted by molar-refractivity contribution is 6.32. The van der Waals surface area contributed by atoms with Gasteiger partial charge in [-0.25, -0.2) is 4.79 Å². The van der Waals surface area contributed by atoms with Gasteiger partial charge in [-0.3, -0.25) is 5.32 Å². The molecule has 0 spiro atoms. The molecule has 0 unspecified atom stereocenters. The van der Waals surface area contributed by atoms with Crippen molar-refractivity contribution >= 4 is 35.0 Å². The molecular formula is C21H17Cl2NO4. The van der Waals surface area contributed by atoms with Gasteiger partial charge in [0, 0.05) is 16.8 Å². The second kappa shape index (κ2) is 9.88. The number of halogens is 2. The van der Waals surface area contributed by atoms with Gasteiger partial charge >= 0.3 is 6.09 Å². The van der Waals surface area contributed by atoms with E-state index in [1.165, 1.54) is 0 Å². The van der Waals surface area contributed by atoms with E-state index in [4.69, 9.17) is 37.4 Å². The lowest BCUT2D eigenvalue weighted by Crippen LogP contribution is -2.17. The minimum Gasteiger partial charge on any atom is -0.488 e. The summed E-state index contributed by atoms with van der Waals surface area (Å²) in [6.45, 7) is 0.227. The number of hydrogen-bond acceptors (Lipinski definition) is 4. The van der Waals surface area contributed by atoms with Gasteiger partial charge in [-0.2, -0.15) is 0 Å². The van der Waals surface area contributed by atoms with Crippen LogP contribution in [-0.2, 0) is 4.74 Å². The molecule has 0 saturated carbocycles. The highest BCUT2D eigenvalue weighted by Crippen LogP contribution is 2.31. The Morgan fingerprint density at radius 2 is 1.61 bits per heavy atom. The zero-order chi connectivity index (χ0) is 19.8. The van der Waals surface area contributed by atoms with Crippen LogP contribution in [0.25, 0.3) is 0 Å². The topological polar surface area (TPSA) is 56.8 Å². The molecule has 1 amide bonds. The van der Waals surface area contributed by atoms with Crippen molar-refractivity contribution in [3.8, 4) is 17.2 Å². The van der Waals surface area contributed by atoms with Gasteiger partial charge in [0.05, 0.1) is 5.02 Å². The van der Waals surface area contributed by atoms with Crippen LogP contribution in [0.4, 0.5) is 10.5 Å². The summed E-state index contributed by atoms with van der Waals surface area (Å²) in [6, 6.07) is 21.2. The molecule has 0 aromatic heterocycles. The van der Waals surface area contributed by atoms with Crippen molar-refractivity contribution in [2.45, 2.75) is 0 Å². The molecule has 3 aromatic carbocycles. The Bertz CT molecular complexity index is 917. The molecule has 1 N–H and O–H groups in total. The van der Waals surface area contributed by atoms with Crippen LogP contribution in [0.5, 0.6) is 17.2 Å². The molecule has 0 bridgehead atoms. The number of rotatable bonds is 7. The van der Waals surface area contributed by atoms with Gasteiger partial charge in [0.1, 0.15) is 30.5 Å². The van der Waals surface area contributed by atoms with E-state index in [9.17, 15) is 4.79 Å². The lowest BCUT2D eigenvalue weighted by Gasteiger charge is -2.11. The van der Waals surface area contributed by atoms with Crippen LogP contribution in [0.1, 0.15) is 0 Å². The summed E-state index contributed by atoms with van der Waals surface area (Å²) in [7, 11) is 0. The lowest BCUT2D eigenvalue weighted by molar-refractivity contribution is 0.138. The van der Waals surface area contributed by atoms with Gasteiger partial charge in [0.15, 0.2) is 0 Å². The molecule has 5 nitrogen and oxygen atoms in total. The smallest absolute Gasteiger partial charge is 0.411 e. The molecule has 0 radical (unpaired) electrons. The highest BCUT2D eigenvalue weighted by atomic mass is 35.5. The van der Waals surface area contributed by atoms with E-state index in [0.717, 1.165) is 0 Å². The molecule has 0 aliphatic rings. The van der Waals surface area contributed by atoms with Crippen LogP contribution in [0.2, 0.25) is 10.0 Å². The Balaban J connectivity index is 1.43. The zero-order valence-electron chi connectivity index (χ0n) is 14.7. The number of nitrogens with one attached hydrogen (secondary N) is 1. The highest BCUT2D eigenvalue weighted by Gasteiger charge is 2.07. The van der Waals surface area contributed by atoms with E-state index in [1.807, 2.05) is 30.3 Å². The summed E-state index contributed by atoms with van der Waals surface area (Å²) in [5.41, 5.74) is 0.590. The summed E-state index contributed by atoms with van der Waals surface area (Å²) in [6.07, 6.45) is -0.580. The number of carbonyl (C=O) groups is 1. The average molecular weight is 418 g/mol. The summed E-state index contributed by atoms with van der Waals surface area (Å²) in [5, 5.41) is 3.58. The number of carbonyl (C=O) groups excluding carboxylic acids is 1. The van der Waals surface area contributed by atoms with Gasteiger partial charge in [0.2, 0.25) is 0 Å². The maximum atomic E-state index is 11.7. The molecule has 0 fully saturated rings. The lowest BCUT2D eigenvalue weighted by atomic mass is 10.3. The Kier molecular flexibility index (Phi) is 7.00. The standard InChI is InChI=1S/C21H17Cl2NO4/c22-15-6-8-16(9-7-15)24-21(25)27-13-12-26-20-11-10-18(14-19(20)23)28-17-4-2-1-3-5-17/h1-11,14H,12-13H2,(H,24,25). The SMILES string of the molecule is O=C(Nc1ccc(Cl)cc1)OCCOc1ccc(Oc2ccccc2)cc1Cl. The zero-order valence-corrected chi connectivity index (χ0v) is 16.2. The summed E-state index contributed by atoms with van der Waals surface area (Å²) < 4.78 is 16.3. The maximum Gasteiger partial charge on any atom is 0.411 e. The Hall–Kier alpha value is -2.89. The molecule has 3 rings (SSSR count). The van der Waals surface area contributed by atoms with Crippen molar-refractivity contribution in [2.24, 2.45) is 0 Å². The van der Waals surface area contributed by atoms with E-state index in [-0.39, 0.29) is 13.2 Å². The number of ether oxygens (including phenoxy) is 3. The molecule has 0 aliphatic heterocycles. The van der Waals surface area contributed by atoms with Crippen molar-refractivity contribution in [3.63, 3.8) is 0 Å². The fourth-order valence-corrected chi connectivity index (χ4v) is 2.61. The van der Waals surface area contributed by atoms with Crippen molar-refractivity contribution in [1.29, 1.82) is 0 Å². The normalized spacial score (nSPS) is 10.2. The second-order valence-corrected chi connectivity index (χ2v) is 6.47. The van der Waals surface area contributed by atoms with Gasteiger partial charge < -0.3 is 14.2 Å². The number of amides is 1. The average Bonchev–Trinajstić information content (AvgIpc) is 2.69. The van der Waals surface area contributed by atoms with Crippen LogP contribution >= 0.6 is 23.2 Å². The molecule has 0 atom stereocenters. The van der Waals surface area contributed by atoms with E-state index in [2.05, 4.69) is 5.32 Å². The van der Waals surface area contributed by atoms with Crippen LogP contribution in [0.15, 0.2) is 72.8 Å².